The summed E-state index contributed by atoms with van der Waals surface area (Å²) in [6, 6.07) is 0. The molecule has 1 unspecified atom stereocenters. The second kappa shape index (κ2) is 6.54. The molecule has 0 aliphatic carbocycles. The van der Waals surface area contributed by atoms with E-state index in [9.17, 15) is 27.6 Å². The summed E-state index contributed by atoms with van der Waals surface area (Å²) in [6.07, 6.45) is -5.62. The Bertz CT molecular complexity index is 444. The molecule has 21 heavy (non-hydrogen) atoms. The summed E-state index contributed by atoms with van der Waals surface area (Å²) in [5.41, 5.74) is 2.02. The average molecular weight is 328 g/mol. The van der Waals surface area contributed by atoms with Crippen LogP contribution in [0.5, 0.6) is 0 Å². The minimum Gasteiger partial charge on any atom is -0.481 e. The molecule has 1 saturated heterocycles. The third-order valence-corrected chi connectivity index (χ3v) is 4.26. The number of thioether (sulfide) groups is 1. The van der Waals surface area contributed by atoms with Gasteiger partial charge in [0.1, 0.15) is 0 Å². The summed E-state index contributed by atoms with van der Waals surface area (Å²) >= 11 is 1.10. The van der Waals surface area contributed by atoms with E-state index in [1.54, 1.807) is 0 Å². The number of hydrogen-bond donors (Lipinski definition) is 2. The van der Waals surface area contributed by atoms with E-state index in [0.717, 1.165) is 16.7 Å². The molecule has 10 heteroatoms. The second-order valence-corrected chi connectivity index (χ2v) is 5.82. The van der Waals surface area contributed by atoms with Crippen LogP contribution in [0.25, 0.3) is 0 Å². The van der Waals surface area contributed by atoms with Gasteiger partial charge < -0.3 is 15.7 Å². The maximum Gasteiger partial charge on any atom is 0.406 e. The lowest BCUT2D eigenvalue weighted by molar-refractivity contribution is -0.227. The Morgan fingerprint density at radius 2 is 1.95 bits per heavy atom. The van der Waals surface area contributed by atoms with Gasteiger partial charge in [-0.15, -0.1) is 0 Å². The number of likely N-dealkylation sites (tertiary alicyclic amines) is 1. The Morgan fingerprint density at radius 3 is 2.38 bits per heavy atom. The third kappa shape index (κ3) is 4.02. The maximum absolute atomic E-state index is 12.9. The molecule has 2 amide bonds. The van der Waals surface area contributed by atoms with Crippen molar-refractivity contribution >= 4 is 29.5 Å². The van der Waals surface area contributed by atoms with Crippen molar-refractivity contribution in [1.29, 1.82) is 0 Å². The number of primary amides is 1. The second-order valence-electron chi connectivity index (χ2n) is 4.72. The Balaban J connectivity index is 2.58. The number of amides is 2. The van der Waals surface area contributed by atoms with Crippen LogP contribution in [0.2, 0.25) is 0 Å². The van der Waals surface area contributed by atoms with Gasteiger partial charge in [0, 0.05) is 25.3 Å². The summed E-state index contributed by atoms with van der Waals surface area (Å²) < 4.78 is 38.8. The molecule has 1 rings (SSSR count). The Hall–Kier alpha value is -1.45. The van der Waals surface area contributed by atoms with Crippen LogP contribution in [0.3, 0.4) is 0 Å². The van der Waals surface area contributed by atoms with Crippen LogP contribution >= 0.6 is 11.8 Å². The Kier molecular flexibility index (Phi) is 5.48. The zero-order valence-corrected chi connectivity index (χ0v) is 11.8. The molecule has 1 heterocycles. The lowest BCUT2D eigenvalue weighted by atomic mass is 9.86. The quantitative estimate of drug-likeness (QED) is 0.690. The van der Waals surface area contributed by atoms with Crippen LogP contribution in [-0.4, -0.2) is 58.6 Å². The van der Waals surface area contributed by atoms with E-state index in [1.165, 1.54) is 0 Å². The van der Waals surface area contributed by atoms with Crippen molar-refractivity contribution in [3.05, 3.63) is 0 Å². The van der Waals surface area contributed by atoms with Gasteiger partial charge in [0.25, 0.3) is 0 Å². The number of nitrogens with two attached hydrogens (primary N) is 1. The standard InChI is InChI=1S/C11H15F3N2O4S/c12-11(13,14)10(9(19)20)2-3-16(6-10)8(18)1-4-21-5-7(15)17/h1-6H2,(H2,15,17)(H,19,20). The topological polar surface area (TPSA) is 101 Å². The average Bonchev–Trinajstić information content (AvgIpc) is 2.80. The van der Waals surface area contributed by atoms with Crippen molar-refractivity contribution < 1.29 is 32.7 Å². The van der Waals surface area contributed by atoms with Crippen molar-refractivity contribution in [3.8, 4) is 0 Å². The number of carboxylic acid groups (broad SMARTS) is 1. The van der Waals surface area contributed by atoms with E-state index in [2.05, 4.69) is 0 Å². The minimum atomic E-state index is -4.91. The van der Waals surface area contributed by atoms with Crippen LogP contribution in [0.15, 0.2) is 0 Å². The molecule has 1 atom stereocenters. The van der Waals surface area contributed by atoms with E-state index in [4.69, 9.17) is 10.8 Å². The molecule has 0 aromatic carbocycles. The van der Waals surface area contributed by atoms with E-state index in [0.29, 0.717) is 0 Å². The first-order valence-electron chi connectivity index (χ1n) is 6.04. The highest BCUT2D eigenvalue weighted by Crippen LogP contribution is 2.45. The number of alkyl halides is 3. The van der Waals surface area contributed by atoms with Crippen molar-refractivity contribution in [2.75, 3.05) is 24.6 Å². The van der Waals surface area contributed by atoms with E-state index >= 15 is 0 Å². The lowest BCUT2D eigenvalue weighted by Crippen LogP contribution is -2.47. The fourth-order valence-electron chi connectivity index (χ4n) is 2.04. The molecule has 0 aromatic rings. The number of aliphatic carboxylic acids is 1. The van der Waals surface area contributed by atoms with Crippen LogP contribution in [0.1, 0.15) is 12.8 Å². The predicted octanol–water partition coefficient (Wildman–Crippen LogP) is 0.461. The van der Waals surface area contributed by atoms with E-state index < -0.39 is 42.3 Å². The third-order valence-electron chi connectivity index (χ3n) is 3.28. The van der Waals surface area contributed by atoms with Gasteiger partial charge in [-0.05, 0) is 6.42 Å². The molecule has 0 aromatic heterocycles. The van der Waals surface area contributed by atoms with E-state index in [1.807, 2.05) is 0 Å². The van der Waals surface area contributed by atoms with Gasteiger partial charge in [0.05, 0.1) is 5.75 Å². The number of hydrogen-bond acceptors (Lipinski definition) is 4. The molecule has 0 bridgehead atoms. The van der Waals surface area contributed by atoms with Crippen molar-refractivity contribution in [2.45, 2.75) is 19.0 Å². The van der Waals surface area contributed by atoms with Gasteiger partial charge >= 0.3 is 12.1 Å². The van der Waals surface area contributed by atoms with Gasteiger partial charge in [0.15, 0.2) is 5.41 Å². The summed E-state index contributed by atoms with van der Waals surface area (Å²) in [6.45, 7) is -1.11. The number of nitrogens with zero attached hydrogens (tertiary/aromatic N) is 1. The molecule has 120 valence electrons. The monoisotopic (exact) mass is 328 g/mol. The van der Waals surface area contributed by atoms with Crippen molar-refractivity contribution in [3.63, 3.8) is 0 Å². The first-order valence-corrected chi connectivity index (χ1v) is 7.19. The molecule has 0 radical (unpaired) electrons. The predicted molar refractivity (Wildman–Crippen MR) is 68.5 cm³/mol. The van der Waals surface area contributed by atoms with Crippen LogP contribution in [0, 0.1) is 5.41 Å². The van der Waals surface area contributed by atoms with E-state index in [-0.39, 0.29) is 24.5 Å². The number of carboxylic acids is 1. The zero-order valence-electron chi connectivity index (χ0n) is 11.0. The summed E-state index contributed by atoms with van der Waals surface area (Å²) in [5.74, 6) is -2.80. The molecule has 0 saturated carbocycles. The van der Waals surface area contributed by atoms with Gasteiger partial charge in [-0.2, -0.15) is 24.9 Å². The highest BCUT2D eigenvalue weighted by Gasteiger charge is 2.64. The van der Waals surface area contributed by atoms with Crippen LogP contribution in [-0.2, 0) is 14.4 Å². The molecule has 3 N–H and O–H groups in total. The number of carbonyl (C=O) groups excluding carboxylic acids is 2. The molecule has 1 aliphatic heterocycles. The van der Waals surface area contributed by atoms with Gasteiger partial charge in [-0.1, -0.05) is 0 Å². The van der Waals surface area contributed by atoms with Crippen LogP contribution in [0.4, 0.5) is 13.2 Å². The summed E-state index contributed by atoms with van der Waals surface area (Å²) in [4.78, 5) is 34.1. The highest BCUT2D eigenvalue weighted by molar-refractivity contribution is 7.99. The van der Waals surface area contributed by atoms with Crippen LogP contribution < -0.4 is 5.73 Å². The molecular weight excluding hydrogens is 313 g/mol. The minimum absolute atomic E-state index is 0.0227. The smallest absolute Gasteiger partial charge is 0.406 e. The molecule has 0 spiro atoms. The van der Waals surface area contributed by atoms with Gasteiger partial charge in [-0.3, -0.25) is 14.4 Å². The zero-order chi connectivity index (χ0) is 16.3. The molecular formula is C11H15F3N2O4S. The van der Waals surface area contributed by atoms with Crippen molar-refractivity contribution in [1.82, 2.24) is 4.90 Å². The fraction of sp³-hybridized carbons (Fsp3) is 0.727. The maximum atomic E-state index is 12.9. The lowest BCUT2D eigenvalue weighted by Gasteiger charge is -2.27. The summed E-state index contributed by atoms with van der Waals surface area (Å²) in [5, 5.41) is 8.86. The molecule has 1 fully saturated rings. The van der Waals surface area contributed by atoms with Gasteiger partial charge in [-0.25, -0.2) is 0 Å². The van der Waals surface area contributed by atoms with Gasteiger partial charge in [0.2, 0.25) is 11.8 Å². The SMILES string of the molecule is NC(=O)CSCCC(=O)N1CCC(C(=O)O)(C(F)(F)F)C1. The number of halogens is 3. The van der Waals surface area contributed by atoms with Crippen molar-refractivity contribution in [2.24, 2.45) is 11.1 Å². The highest BCUT2D eigenvalue weighted by atomic mass is 32.2. The Morgan fingerprint density at radius 1 is 1.33 bits per heavy atom. The molecule has 1 aliphatic rings. The number of rotatable bonds is 6. The fourth-order valence-corrected chi connectivity index (χ4v) is 2.70. The summed E-state index contributed by atoms with van der Waals surface area (Å²) in [7, 11) is 0. The molecule has 6 nitrogen and oxygen atoms in total. The Labute approximate surface area is 122 Å². The first-order chi connectivity index (χ1) is 9.60. The number of carbonyl (C=O) groups is 3. The normalized spacial score (nSPS) is 22.3. The first kappa shape index (κ1) is 17.6. The largest absolute Gasteiger partial charge is 0.481 e.